The fourth-order valence-corrected chi connectivity index (χ4v) is 2.60. The van der Waals surface area contributed by atoms with Crippen LogP contribution in [0.25, 0.3) is 0 Å². The highest BCUT2D eigenvalue weighted by Gasteiger charge is 2.28. The first-order valence-corrected chi connectivity index (χ1v) is 7.92. The number of allylic oxidation sites excluding steroid dienone is 2. The smallest absolute Gasteiger partial charge is 0.355 e. The Morgan fingerprint density at radius 3 is 2.26 bits per heavy atom. The van der Waals surface area contributed by atoms with E-state index in [1.165, 1.54) is 45.5 Å². The van der Waals surface area contributed by atoms with Gasteiger partial charge in [-0.1, -0.05) is 6.08 Å². The molecule has 2 rings (SSSR count). The zero-order chi connectivity index (χ0) is 20.0. The summed E-state index contributed by atoms with van der Waals surface area (Å²) < 4.78 is 20.0. The van der Waals surface area contributed by atoms with Crippen molar-refractivity contribution in [3.8, 4) is 5.75 Å². The minimum absolute atomic E-state index is 0.0269. The molecule has 0 saturated heterocycles. The highest BCUT2D eigenvalue weighted by atomic mass is 16.7. The Morgan fingerprint density at radius 1 is 1.00 bits per heavy atom. The highest BCUT2D eigenvalue weighted by molar-refractivity contribution is 6.05. The van der Waals surface area contributed by atoms with Crippen LogP contribution in [-0.4, -0.2) is 45.5 Å². The van der Waals surface area contributed by atoms with Gasteiger partial charge in [-0.15, -0.1) is 0 Å². The molecule has 1 aliphatic heterocycles. The summed E-state index contributed by atoms with van der Waals surface area (Å²) in [6, 6.07) is 4.60. The summed E-state index contributed by atoms with van der Waals surface area (Å²) >= 11 is 0. The van der Waals surface area contributed by atoms with Crippen LogP contribution in [0.4, 0.5) is 5.69 Å². The van der Waals surface area contributed by atoms with E-state index >= 15 is 0 Å². The number of methoxy groups -OCH3 is 4. The Labute approximate surface area is 156 Å². The van der Waals surface area contributed by atoms with Crippen LogP contribution in [0.2, 0.25) is 0 Å². The monoisotopic (exact) mass is 375 g/mol. The minimum Gasteiger partial charge on any atom is -0.507 e. The third-order valence-electron chi connectivity index (χ3n) is 3.86. The lowest BCUT2D eigenvalue weighted by Gasteiger charge is -2.24. The summed E-state index contributed by atoms with van der Waals surface area (Å²) in [5.74, 6) is -1.46. The Balaban J connectivity index is 2.65. The van der Waals surface area contributed by atoms with Crippen molar-refractivity contribution >= 4 is 17.6 Å². The van der Waals surface area contributed by atoms with E-state index in [0.717, 1.165) is 0 Å². The average Bonchev–Trinajstić information content (AvgIpc) is 2.92. The first-order chi connectivity index (χ1) is 13.0. The van der Waals surface area contributed by atoms with Gasteiger partial charge < -0.3 is 29.0 Å². The number of phenols is 1. The molecule has 0 fully saturated rings. The zero-order valence-electron chi connectivity index (χ0n) is 15.5. The van der Waals surface area contributed by atoms with Crippen LogP contribution in [0.1, 0.15) is 11.9 Å². The minimum atomic E-state index is -0.815. The van der Waals surface area contributed by atoms with E-state index in [9.17, 15) is 14.7 Å². The number of phenolic OH excluding ortho intramolecular Hbond substituents is 1. The number of ether oxygens (including phenoxy) is 4. The molecule has 1 heterocycles. The van der Waals surface area contributed by atoms with Crippen LogP contribution in [0, 0.1) is 0 Å². The lowest BCUT2D eigenvalue weighted by atomic mass is 10.1. The average molecular weight is 375 g/mol. The summed E-state index contributed by atoms with van der Waals surface area (Å²) in [5.41, 5.74) is 0.826. The molecule has 0 radical (unpaired) electrons. The molecule has 0 aromatic heterocycles. The summed E-state index contributed by atoms with van der Waals surface area (Å²) in [7, 11) is 5.31. The predicted molar refractivity (Wildman–Crippen MR) is 96.7 cm³/mol. The SMILES string of the molecule is COC(=O)C1=C(C(=O)OC)N(c2ccc(O)c(C(OC)OC)c2)C=CC=C1. The van der Waals surface area contributed by atoms with Gasteiger partial charge in [-0.2, -0.15) is 0 Å². The standard InChI is InChI=1S/C19H21NO7/c1-24-17(22)13-7-5-6-10-20(16(13)18(23)25-2)12-8-9-15(21)14(11-12)19(26-3)27-4/h5-11,19,21H,1-4H3. The van der Waals surface area contributed by atoms with Gasteiger partial charge in [-0.25, -0.2) is 9.59 Å². The third kappa shape index (κ3) is 4.18. The number of carbonyl (C=O) groups excluding carboxylic acids is 2. The van der Waals surface area contributed by atoms with Crippen molar-refractivity contribution in [3.63, 3.8) is 0 Å². The van der Waals surface area contributed by atoms with Crippen LogP contribution in [-0.2, 0) is 28.5 Å². The van der Waals surface area contributed by atoms with Crippen molar-refractivity contribution in [1.82, 2.24) is 0 Å². The van der Waals surface area contributed by atoms with Crippen LogP contribution < -0.4 is 4.90 Å². The van der Waals surface area contributed by atoms with Gasteiger partial charge >= 0.3 is 11.9 Å². The van der Waals surface area contributed by atoms with E-state index in [1.54, 1.807) is 30.5 Å². The molecule has 144 valence electrons. The first-order valence-electron chi connectivity index (χ1n) is 7.92. The number of hydrogen-bond donors (Lipinski definition) is 1. The van der Waals surface area contributed by atoms with Gasteiger partial charge in [0.1, 0.15) is 11.4 Å². The van der Waals surface area contributed by atoms with Gasteiger partial charge in [0.15, 0.2) is 6.29 Å². The summed E-state index contributed by atoms with van der Waals surface area (Å²) in [4.78, 5) is 26.1. The van der Waals surface area contributed by atoms with Crippen molar-refractivity contribution in [1.29, 1.82) is 0 Å². The maximum atomic E-state index is 12.4. The van der Waals surface area contributed by atoms with Crippen LogP contribution >= 0.6 is 0 Å². The first kappa shape index (κ1) is 20.2. The normalized spacial score (nSPS) is 13.7. The van der Waals surface area contributed by atoms with Crippen molar-refractivity contribution in [2.45, 2.75) is 6.29 Å². The van der Waals surface area contributed by atoms with E-state index in [4.69, 9.17) is 18.9 Å². The van der Waals surface area contributed by atoms with Crippen molar-refractivity contribution in [3.05, 3.63) is 59.5 Å². The number of rotatable bonds is 6. The molecule has 0 bridgehead atoms. The molecule has 27 heavy (non-hydrogen) atoms. The number of aromatic hydroxyl groups is 1. The van der Waals surface area contributed by atoms with E-state index in [0.29, 0.717) is 11.3 Å². The van der Waals surface area contributed by atoms with Gasteiger partial charge in [-0.3, -0.25) is 0 Å². The van der Waals surface area contributed by atoms with Crippen molar-refractivity contribution < 1.29 is 33.6 Å². The quantitative estimate of drug-likeness (QED) is 0.597. The molecular formula is C19H21NO7. The van der Waals surface area contributed by atoms with Crippen LogP contribution in [0.5, 0.6) is 5.75 Å². The van der Waals surface area contributed by atoms with Gasteiger partial charge in [-0.05, 0) is 30.4 Å². The van der Waals surface area contributed by atoms with E-state index in [1.807, 2.05) is 0 Å². The van der Waals surface area contributed by atoms with E-state index in [-0.39, 0.29) is 17.0 Å². The Hall–Kier alpha value is -3.10. The van der Waals surface area contributed by atoms with Crippen LogP contribution in [0.15, 0.2) is 53.9 Å². The molecule has 1 aromatic carbocycles. The predicted octanol–water partition coefficient (Wildman–Crippen LogP) is 2.17. The fraction of sp³-hybridized carbons (Fsp3) is 0.263. The lowest BCUT2D eigenvalue weighted by molar-refractivity contribution is -0.139. The van der Waals surface area contributed by atoms with Crippen molar-refractivity contribution in [2.24, 2.45) is 0 Å². The van der Waals surface area contributed by atoms with Crippen molar-refractivity contribution in [2.75, 3.05) is 33.3 Å². The second-order valence-corrected chi connectivity index (χ2v) is 5.36. The number of benzene rings is 1. The number of esters is 2. The lowest BCUT2D eigenvalue weighted by Crippen LogP contribution is -2.27. The number of carbonyl (C=O) groups is 2. The summed E-state index contributed by atoms with van der Waals surface area (Å²) in [6.07, 6.45) is 5.48. The highest BCUT2D eigenvalue weighted by Crippen LogP contribution is 2.34. The second-order valence-electron chi connectivity index (χ2n) is 5.36. The molecule has 0 spiro atoms. The molecule has 0 aliphatic carbocycles. The molecule has 1 N–H and O–H groups in total. The van der Waals surface area contributed by atoms with Gasteiger partial charge in [0.25, 0.3) is 0 Å². The molecule has 1 aliphatic rings. The number of hydrogen-bond acceptors (Lipinski definition) is 8. The van der Waals surface area contributed by atoms with Crippen LogP contribution in [0.3, 0.4) is 0 Å². The maximum absolute atomic E-state index is 12.4. The van der Waals surface area contributed by atoms with Gasteiger partial charge in [0.05, 0.1) is 25.4 Å². The zero-order valence-corrected chi connectivity index (χ0v) is 15.5. The molecule has 0 amide bonds. The molecule has 0 saturated carbocycles. The maximum Gasteiger partial charge on any atom is 0.355 e. The molecule has 1 aromatic rings. The number of nitrogens with zero attached hydrogens (tertiary/aromatic N) is 1. The van der Waals surface area contributed by atoms with E-state index < -0.39 is 18.2 Å². The second kappa shape index (κ2) is 9.02. The largest absolute Gasteiger partial charge is 0.507 e. The van der Waals surface area contributed by atoms with Gasteiger partial charge in [0.2, 0.25) is 0 Å². The Bertz CT molecular complexity index is 806. The third-order valence-corrected chi connectivity index (χ3v) is 3.86. The Kier molecular flexibility index (Phi) is 6.75. The van der Waals surface area contributed by atoms with E-state index in [2.05, 4.69) is 0 Å². The van der Waals surface area contributed by atoms with Gasteiger partial charge in [0, 0.05) is 26.1 Å². The topological polar surface area (TPSA) is 94.5 Å². The molecule has 8 heteroatoms. The Morgan fingerprint density at radius 2 is 1.67 bits per heavy atom. The number of anilines is 1. The molecule has 0 atom stereocenters. The summed E-state index contributed by atoms with van der Waals surface area (Å²) in [6.45, 7) is 0. The molecule has 0 unspecified atom stereocenters. The fourth-order valence-electron chi connectivity index (χ4n) is 2.60. The molecular weight excluding hydrogens is 354 g/mol. The summed E-state index contributed by atoms with van der Waals surface area (Å²) in [5, 5.41) is 10.1. The molecule has 8 nitrogen and oxygen atoms in total.